The van der Waals surface area contributed by atoms with Gasteiger partial charge in [-0.2, -0.15) is 4.72 Å². The second-order valence-corrected chi connectivity index (χ2v) is 10.9. The van der Waals surface area contributed by atoms with E-state index in [1.165, 1.54) is 12.1 Å². The van der Waals surface area contributed by atoms with Crippen molar-refractivity contribution >= 4 is 17.6 Å². The highest BCUT2D eigenvalue weighted by Gasteiger charge is 2.41. The van der Waals surface area contributed by atoms with Gasteiger partial charge in [-0.15, -0.1) is 0 Å². The molecule has 31 heavy (non-hydrogen) atoms. The van der Waals surface area contributed by atoms with Gasteiger partial charge in [0, 0.05) is 0 Å². The van der Waals surface area contributed by atoms with Gasteiger partial charge < -0.3 is 9.05 Å². The summed E-state index contributed by atoms with van der Waals surface area (Å²) >= 11 is 0. The molecule has 0 heterocycles. The quantitative estimate of drug-likeness (QED) is 0.390. The zero-order valence-corrected chi connectivity index (χ0v) is 19.2. The topological polar surface area (TPSA) is 81.7 Å². The zero-order valence-electron chi connectivity index (χ0n) is 17.5. The number of benzene rings is 3. The Bertz CT molecular complexity index is 1070. The lowest BCUT2D eigenvalue weighted by molar-refractivity contribution is 0.362. The summed E-state index contributed by atoms with van der Waals surface area (Å²) < 4.78 is 54.3. The zero-order chi connectivity index (χ0) is 22.3. The van der Waals surface area contributed by atoms with Crippen molar-refractivity contribution in [3.8, 4) is 11.5 Å². The van der Waals surface area contributed by atoms with Gasteiger partial charge in [-0.3, -0.25) is 0 Å². The highest BCUT2D eigenvalue weighted by atomic mass is 32.2. The molecule has 0 saturated carbocycles. The average molecular weight is 460 g/mol. The first-order valence-corrected chi connectivity index (χ1v) is 13.1. The minimum absolute atomic E-state index is 0.0881. The molecule has 0 saturated heterocycles. The summed E-state index contributed by atoms with van der Waals surface area (Å²) in [6.45, 7) is 3.75. The van der Waals surface area contributed by atoms with Crippen LogP contribution in [-0.2, 0) is 14.6 Å². The third kappa shape index (κ3) is 6.20. The van der Waals surface area contributed by atoms with Crippen LogP contribution < -0.4 is 13.8 Å². The van der Waals surface area contributed by atoms with E-state index in [1.807, 2.05) is 13.8 Å². The van der Waals surface area contributed by atoms with E-state index >= 15 is 0 Å². The Balaban J connectivity index is 1.98. The Morgan fingerprint density at radius 3 is 1.77 bits per heavy atom. The molecule has 8 heteroatoms. The Kier molecular flexibility index (Phi) is 7.55. The number of aryl methyl sites for hydroxylation is 1. The smallest absolute Gasteiger partial charge is 0.415 e. The minimum atomic E-state index is -4.01. The van der Waals surface area contributed by atoms with Gasteiger partial charge in [-0.05, 0) is 49.7 Å². The second-order valence-electron chi connectivity index (χ2n) is 7.09. The van der Waals surface area contributed by atoms with Crippen LogP contribution in [0.3, 0.4) is 0 Å². The van der Waals surface area contributed by atoms with Crippen molar-refractivity contribution in [1.82, 2.24) is 4.72 Å². The molecule has 1 unspecified atom stereocenters. The predicted molar refractivity (Wildman–Crippen MR) is 122 cm³/mol. The molecule has 0 bridgehead atoms. The fourth-order valence-electron chi connectivity index (χ4n) is 2.92. The highest BCUT2D eigenvalue weighted by Crippen LogP contribution is 2.53. The van der Waals surface area contributed by atoms with Gasteiger partial charge in [0.05, 0.1) is 4.90 Å². The van der Waals surface area contributed by atoms with E-state index < -0.39 is 23.4 Å². The Morgan fingerprint density at radius 2 is 1.32 bits per heavy atom. The average Bonchev–Trinajstić information content (AvgIpc) is 2.75. The van der Waals surface area contributed by atoms with E-state index in [4.69, 9.17) is 9.05 Å². The van der Waals surface area contributed by atoms with Crippen LogP contribution in [0.4, 0.5) is 0 Å². The Morgan fingerprint density at radius 1 is 0.839 bits per heavy atom. The first kappa shape index (κ1) is 23.1. The maximum atomic E-state index is 14.0. The van der Waals surface area contributed by atoms with Crippen LogP contribution in [0.2, 0.25) is 0 Å². The van der Waals surface area contributed by atoms with Crippen LogP contribution in [0.25, 0.3) is 0 Å². The summed E-state index contributed by atoms with van der Waals surface area (Å²) in [6.07, 6.45) is 0.837. The van der Waals surface area contributed by atoms with Gasteiger partial charge >= 0.3 is 7.60 Å². The number of nitrogens with one attached hydrogen (secondary N) is 1. The molecule has 0 spiro atoms. The molecule has 0 radical (unpaired) electrons. The third-order valence-electron chi connectivity index (χ3n) is 4.52. The molecule has 1 N–H and O–H groups in total. The van der Waals surface area contributed by atoms with E-state index in [-0.39, 0.29) is 11.3 Å². The van der Waals surface area contributed by atoms with E-state index in [0.29, 0.717) is 17.9 Å². The summed E-state index contributed by atoms with van der Waals surface area (Å²) in [5, 5.41) is 0. The van der Waals surface area contributed by atoms with Gasteiger partial charge in [-0.25, -0.2) is 13.0 Å². The molecule has 0 aliphatic heterocycles. The first-order chi connectivity index (χ1) is 14.8. The third-order valence-corrected chi connectivity index (χ3v) is 8.26. The Labute approximate surface area is 183 Å². The van der Waals surface area contributed by atoms with Crippen LogP contribution >= 0.6 is 7.60 Å². The summed E-state index contributed by atoms with van der Waals surface area (Å²) in [5.41, 5.74) is 0.939. The van der Waals surface area contributed by atoms with E-state index in [1.54, 1.807) is 72.8 Å². The van der Waals surface area contributed by atoms with Crippen LogP contribution in [-0.4, -0.2) is 14.2 Å². The fraction of sp³-hybridized carbons (Fsp3) is 0.217. The monoisotopic (exact) mass is 459 g/mol. The van der Waals surface area contributed by atoms with Gasteiger partial charge in [0.15, 0.2) is 0 Å². The molecule has 3 rings (SSSR count). The van der Waals surface area contributed by atoms with Crippen molar-refractivity contribution in [2.24, 2.45) is 0 Å². The first-order valence-electron chi connectivity index (χ1n) is 10.0. The fourth-order valence-corrected chi connectivity index (χ4v) is 6.66. The van der Waals surface area contributed by atoms with Crippen LogP contribution in [0, 0.1) is 6.92 Å². The normalized spacial score (nSPS) is 12.8. The van der Waals surface area contributed by atoms with E-state index in [0.717, 1.165) is 5.56 Å². The number of hydrogen-bond donors (Lipinski definition) is 1. The predicted octanol–water partition coefficient (Wildman–Crippen LogP) is 5.75. The van der Waals surface area contributed by atoms with E-state index in [2.05, 4.69) is 4.72 Å². The van der Waals surface area contributed by atoms with Gasteiger partial charge in [0.2, 0.25) is 10.0 Å². The molecule has 0 fully saturated rings. The van der Waals surface area contributed by atoms with Crippen molar-refractivity contribution in [2.75, 3.05) is 0 Å². The summed E-state index contributed by atoms with van der Waals surface area (Å²) in [5.74, 6) is -0.418. The van der Waals surface area contributed by atoms with Crippen molar-refractivity contribution in [2.45, 2.75) is 37.4 Å². The molecule has 3 aromatic carbocycles. The number of sulfonamides is 1. The minimum Gasteiger partial charge on any atom is -0.415 e. The second kappa shape index (κ2) is 10.1. The number of rotatable bonds is 10. The number of hydrogen-bond acceptors (Lipinski definition) is 5. The molecule has 0 aliphatic rings. The van der Waals surface area contributed by atoms with Gasteiger partial charge in [0.1, 0.15) is 17.3 Å². The van der Waals surface area contributed by atoms with Crippen molar-refractivity contribution in [1.29, 1.82) is 0 Å². The summed E-state index contributed by atoms with van der Waals surface area (Å²) in [4.78, 5) is 0.0881. The van der Waals surface area contributed by atoms with E-state index in [9.17, 15) is 13.0 Å². The molecule has 1 atom stereocenters. The molecular formula is C23H26NO5PS. The Hall–Kier alpha value is -2.60. The van der Waals surface area contributed by atoms with Gasteiger partial charge in [-0.1, -0.05) is 67.4 Å². The van der Waals surface area contributed by atoms with Crippen molar-refractivity contribution < 1.29 is 22.0 Å². The summed E-state index contributed by atoms with van der Waals surface area (Å²) in [7, 11) is -7.95. The molecule has 6 nitrogen and oxygen atoms in total. The molecule has 0 aromatic heterocycles. The van der Waals surface area contributed by atoms with Crippen molar-refractivity contribution in [3.63, 3.8) is 0 Å². The molecule has 0 amide bonds. The van der Waals surface area contributed by atoms with Gasteiger partial charge in [0.25, 0.3) is 0 Å². The molecule has 164 valence electrons. The molecule has 0 aliphatic carbocycles. The largest absolute Gasteiger partial charge is 0.448 e. The molecular weight excluding hydrogens is 433 g/mol. The maximum absolute atomic E-state index is 14.0. The summed E-state index contributed by atoms with van der Waals surface area (Å²) in [6, 6.07) is 23.6. The number of para-hydroxylation sites is 2. The standard InChI is InChI=1S/C23H26NO5PS/c1-3-10-23(24-31(26,27)22-17-15-19(2)16-18-22)30(25,28-20-11-6-4-7-12-20)29-21-13-8-5-9-14-21/h4-9,11-18,23-24H,3,10H2,1-2H3. The maximum Gasteiger partial charge on any atom is 0.448 e. The van der Waals surface area contributed by atoms with Crippen LogP contribution in [0.1, 0.15) is 25.3 Å². The SMILES string of the molecule is CCCC(NS(=O)(=O)c1ccc(C)cc1)P(=O)(Oc1ccccc1)Oc1ccccc1. The molecule has 3 aromatic rings. The van der Waals surface area contributed by atoms with Crippen LogP contribution in [0.15, 0.2) is 89.8 Å². The lowest BCUT2D eigenvalue weighted by Gasteiger charge is -2.28. The highest BCUT2D eigenvalue weighted by molar-refractivity contribution is 7.89. The lowest BCUT2D eigenvalue weighted by Crippen LogP contribution is -2.37. The van der Waals surface area contributed by atoms with Crippen LogP contribution in [0.5, 0.6) is 11.5 Å². The van der Waals surface area contributed by atoms with Crippen molar-refractivity contribution in [3.05, 3.63) is 90.5 Å². The lowest BCUT2D eigenvalue weighted by atomic mass is 10.2.